The number of allylic oxidation sites excluding steroid dienone is 2. The van der Waals surface area contributed by atoms with E-state index in [1.807, 2.05) is 0 Å². The quantitative estimate of drug-likeness (QED) is 0.667. The predicted octanol–water partition coefficient (Wildman–Crippen LogP) is 4.49. The van der Waals surface area contributed by atoms with Crippen LogP contribution in [0.1, 0.15) is 62.0 Å². The van der Waals surface area contributed by atoms with Gasteiger partial charge in [-0.3, -0.25) is 5.32 Å². The molecule has 0 spiro atoms. The lowest BCUT2D eigenvalue weighted by molar-refractivity contribution is 0.720. The van der Waals surface area contributed by atoms with Gasteiger partial charge in [0.25, 0.3) is 0 Å². The van der Waals surface area contributed by atoms with Crippen molar-refractivity contribution in [3.63, 3.8) is 0 Å². The lowest BCUT2D eigenvalue weighted by Gasteiger charge is -2.15. The van der Waals surface area contributed by atoms with Crippen LogP contribution in [0.4, 0.5) is 5.69 Å². The van der Waals surface area contributed by atoms with Gasteiger partial charge in [-0.25, -0.2) is 0 Å². The Labute approximate surface area is 103 Å². The molecule has 0 aromatic heterocycles. The van der Waals surface area contributed by atoms with Crippen LogP contribution in [0.5, 0.6) is 0 Å². The minimum atomic E-state index is 0.813. The van der Waals surface area contributed by atoms with Gasteiger partial charge >= 0.3 is 0 Å². The van der Waals surface area contributed by atoms with Crippen molar-refractivity contribution in [2.75, 3.05) is 0 Å². The molecule has 1 radical (unpaired) electrons. The highest BCUT2D eigenvalue weighted by Gasteiger charge is 2.31. The maximum absolute atomic E-state index is 4.83. The molecule has 17 heavy (non-hydrogen) atoms. The molecule has 1 fully saturated rings. The first-order chi connectivity index (χ1) is 8.43. The molecule has 0 saturated heterocycles. The van der Waals surface area contributed by atoms with Crippen molar-refractivity contribution in [1.82, 2.24) is 5.32 Å². The van der Waals surface area contributed by atoms with E-state index >= 15 is 0 Å². The van der Waals surface area contributed by atoms with Crippen LogP contribution in [0.15, 0.2) is 23.9 Å². The lowest BCUT2D eigenvalue weighted by Crippen LogP contribution is -1.98. The second kappa shape index (κ2) is 3.63. The monoisotopic (exact) mass is 224 g/mol. The standard InChI is InChI=1S/C16H18N/c1-2-6-11(5-1)12-7-3-10-15-16(12)13-8-4-9-14(13)17-15/h3,7,10-11H,1-2,4-6,8-9H2. The number of hydrogen-bond donors (Lipinski definition) is 0. The number of fused-ring (bicyclic) bond motifs is 2. The first-order valence-electron chi connectivity index (χ1n) is 7.00. The van der Waals surface area contributed by atoms with E-state index in [1.54, 1.807) is 11.1 Å². The van der Waals surface area contributed by atoms with Gasteiger partial charge in [0.15, 0.2) is 0 Å². The molecule has 3 aliphatic rings. The SMILES string of the molecule is c1cc2c(c(C3CCCC3)c1)C1=C(CCC1)[N]2. The average Bonchev–Trinajstić information content (AvgIpc) is 3.04. The topological polar surface area (TPSA) is 14.1 Å². The Bertz CT molecular complexity index is 492. The summed E-state index contributed by atoms with van der Waals surface area (Å²) < 4.78 is 0. The minimum Gasteiger partial charge on any atom is -0.253 e. The second-order valence-electron chi connectivity index (χ2n) is 5.61. The van der Waals surface area contributed by atoms with Crippen LogP contribution in [0, 0.1) is 0 Å². The Kier molecular flexibility index (Phi) is 2.08. The molecule has 0 atom stereocenters. The Hall–Kier alpha value is -1.24. The molecule has 87 valence electrons. The second-order valence-corrected chi connectivity index (χ2v) is 5.61. The summed E-state index contributed by atoms with van der Waals surface area (Å²) in [7, 11) is 0. The molecular formula is C16H18N. The molecule has 0 unspecified atom stereocenters. The van der Waals surface area contributed by atoms with E-state index in [2.05, 4.69) is 18.2 Å². The van der Waals surface area contributed by atoms with Gasteiger partial charge in [-0.1, -0.05) is 25.0 Å². The molecule has 0 N–H and O–H groups in total. The van der Waals surface area contributed by atoms with Gasteiger partial charge in [0.05, 0.1) is 5.69 Å². The number of rotatable bonds is 1. The zero-order chi connectivity index (χ0) is 11.2. The molecule has 1 nitrogen and oxygen atoms in total. The van der Waals surface area contributed by atoms with Crippen LogP contribution < -0.4 is 5.32 Å². The molecule has 1 saturated carbocycles. The summed E-state index contributed by atoms with van der Waals surface area (Å²) in [5, 5.41) is 4.83. The fourth-order valence-corrected chi connectivity index (χ4v) is 3.82. The van der Waals surface area contributed by atoms with E-state index in [1.165, 1.54) is 61.9 Å². The van der Waals surface area contributed by atoms with Gasteiger partial charge in [0.2, 0.25) is 0 Å². The smallest absolute Gasteiger partial charge is 0.0711 e. The molecule has 1 aliphatic heterocycles. The molecule has 2 aliphatic carbocycles. The third-order valence-electron chi connectivity index (χ3n) is 4.62. The zero-order valence-corrected chi connectivity index (χ0v) is 10.2. The van der Waals surface area contributed by atoms with Gasteiger partial charge < -0.3 is 0 Å². The van der Waals surface area contributed by atoms with Crippen molar-refractivity contribution in [1.29, 1.82) is 0 Å². The van der Waals surface area contributed by atoms with E-state index in [0.29, 0.717) is 0 Å². The van der Waals surface area contributed by atoms with Crippen molar-refractivity contribution in [3.8, 4) is 0 Å². The lowest BCUT2D eigenvalue weighted by atomic mass is 9.89. The maximum atomic E-state index is 4.83. The van der Waals surface area contributed by atoms with E-state index in [9.17, 15) is 0 Å². The highest BCUT2D eigenvalue weighted by molar-refractivity contribution is 5.85. The molecule has 1 aromatic carbocycles. The molecule has 1 heterocycles. The fraction of sp³-hybridized carbons (Fsp3) is 0.500. The maximum Gasteiger partial charge on any atom is 0.0711 e. The normalized spacial score (nSPS) is 22.8. The van der Waals surface area contributed by atoms with Crippen molar-refractivity contribution >= 4 is 11.3 Å². The summed E-state index contributed by atoms with van der Waals surface area (Å²) in [5.74, 6) is 0.813. The van der Waals surface area contributed by atoms with Crippen LogP contribution in [-0.2, 0) is 0 Å². The molecule has 0 bridgehead atoms. The summed E-state index contributed by atoms with van der Waals surface area (Å²) in [4.78, 5) is 0. The van der Waals surface area contributed by atoms with Gasteiger partial charge in [-0.05, 0) is 55.2 Å². The summed E-state index contributed by atoms with van der Waals surface area (Å²) >= 11 is 0. The third kappa shape index (κ3) is 1.38. The van der Waals surface area contributed by atoms with Gasteiger partial charge in [0.1, 0.15) is 0 Å². The Morgan fingerprint density at radius 2 is 1.88 bits per heavy atom. The first-order valence-corrected chi connectivity index (χ1v) is 7.00. The Morgan fingerprint density at radius 1 is 1.00 bits per heavy atom. The van der Waals surface area contributed by atoms with E-state index in [0.717, 1.165) is 5.92 Å². The van der Waals surface area contributed by atoms with Crippen LogP contribution in [0.2, 0.25) is 0 Å². The van der Waals surface area contributed by atoms with E-state index < -0.39 is 0 Å². The summed E-state index contributed by atoms with van der Waals surface area (Å²) in [6.45, 7) is 0. The van der Waals surface area contributed by atoms with Crippen LogP contribution >= 0.6 is 0 Å². The Balaban J connectivity index is 1.84. The number of nitrogens with zero attached hydrogens (tertiary/aromatic N) is 1. The van der Waals surface area contributed by atoms with Crippen LogP contribution in [0.25, 0.3) is 5.57 Å². The summed E-state index contributed by atoms with van der Waals surface area (Å²) in [6.07, 6.45) is 9.38. The van der Waals surface area contributed by atoms with Crippen LogP contribution in [0.3, 0.4) is 0 Å². The zero-order valence-electron chi connectivity index (χ0n) is 10.2. The molecule has 4 rings (SSSR count). The van der Waals surface area contributed by atoms with Crippen LogP contribution in [-0.4, -0.2) is 0 Å². The van der Waals surface area contributed by atoms with Crippen molar-refractivity contribution in [2.24, 2.45) is 0 Å². The van der Waals surface area contributed by atoms with Crippen molar-refractivity contribution < 1.29 is 0 Å². The van der Waals surface area contributed by atoms with Crippen molar-refractivity contribution in [2.45, 2.75) is 50.9 Å². The average molecular weight is 224 g/mol. The van der Waals surface area contributed by atoms with Gasteiger partial charge in [-0.15, -0.1) is 0 Å². The molecule has 1 heteroatoms. The fourth-order valence-electron chi connectivity index (χ4n) is 3.82. The van der Waals surface area contributed by atoms with E-state index in [-0.39, 0.29) is 0 Å². The highest BCUT2D eigenvalue weighted by atomic mass is 14.9. The predicted molar refractivity (Wildman–Crippen MR) is 70.2 cm³/mol. The molecule has 1 aromatic rings. The number of hydrogen-bond acceptors (Lipinski definition) is 0. The minimum absolute atomic E-state index is 0.813. The van der Waals surface area contributed by atoms with Gasteiger partial charge in [-0.2, -0.15) is 0 Å². The summed E-state index contributed by atoms with van der Waals surface area (Å²) in [5.41, 5.74) is 7.38. The summed E-state index contributed by atoms with van der Waals surface area (Å²) in [6, 6.07) is 6.77. The largest absolute Gasteiger partial charge is 0.253 e. The molecular weight excluding hydrogens is 206 g/mol. The number of benzene rings is 1. The first kappa shape index (κ1) is 9.76. The van der Waals surface area contributed by atoms with Crippen molar-refractivity contribution in [3.05, 3.63) is 35.0 Å². The van der Waals surface area contributed by atoms with Gasteiger partial charge in [0, 0.05) is 11.3 Å². The Morgan fingerprint density at radius 3 is 2.76 bits per heavy atom. The highest BCUT2D eigenvalue weighted by Crippen LogP contribution is 2.48. The van der Waals surface area contributed by atoms with E-state index in [4.69, 9.17) is 5.32 Å². The third-order valence-corrected chi connectivity index (χ3v) is 4.62. The molecule has 0 amide bonds.